The van der Waals surface area contributed by atoms with Crippen molar-refractivity contribution >= 4 is 0 Å². The third-order valence-electron chi connectivity index (χ3n) is 2.13. The van der Waals surface area contributed by atoms with Gasteiger partial charge in [0.25, 0.3) is 0 Å². The molecule has 0 aliphatic heterocycles. The lowest BCUT2D eigenvalue weighted by atomic mass is 10.1. The summed E-state index contributed by atoms with van der Waals surface area (Å²) in [7, 11) is 0. The average molecular weight is 220 g/mol. The van der Waals surface area contributed by atoms with Crippen LogP contribution in [0.1, 0.15) is 59.8 Å². The third kappa shape index (κ3) is 15.5. The molecule has 0 heterocycles. The van der Waals surface area contributed by atoms with Crippen molar-refractivity contribution in [1.29, 1.82) is 0 Å². The van der Waals surface area contributed by atoms with Crippen molar-refractivity contribution in [3.05, 3.63) is 42.2 Å². The lowest BCUT2D eigenvalue weighted by Gasteiger charge is -1.95. The van der Waals surface area contributed by atoms with Gasteiger partial charge in [0.1, 0.15) is 0 Å². The molecule has 92 valence electrons. The molecule has 0 unspecified atom stereocenters. The van der Waals surface area contributed by atoms with E-state index in [1.807, 2.05) is 20.8 Å². The molecular weight excluding hydrogens is 192 g/mol. The maximum Gasteiger partial charge on any atom is -0.0209 e. The van der Waals surface area contributed by atoms with Gasteiger partial charge in [-0.25, -0.2) is 0 Å². The topological polar surface area (TPSA) is 0 Å². The second-order valence-electron chi connectivity index (χ2n) is 3.49. The average Bonchev–Trinajstić information content (AvgIpc) is 3.11. The Hall–Kier alpha value is -1.00. The SMILES string of the molecule is C=C1CC1.C=C=C(CC)CC/C=C\C.CC. The summed E-state index contributed by atoms with van der Waals surface area (Å²) < 4.78 is 0. The van der Waals surface area contributed by atoms with Crippen LogP contribution < -0.4 is 0 Å². The van der Waals surface area contributed by atoms with Crippen LogP contribution in [0.25, 0.3) is 0 Å². The van der Waals surface area contributed by atoms with Crippen LogP contribution in [0, 0.1) is 0 Å². The maximum atomic E-state index is 3.67. The molecule has 0 aromatic carbocycles. The molecule has 0 spiro atoms. The first-order chi connectivity index (χ1) is 7.74. The van der Waals surface area contributed by atoms with Gasteiger partial charge in [0.15, 0.2) is 0 Å². The smallest absolute Gasteiger partial charge is 0.0209 e. The first-order valence-electron chi connectivity index (χ1n) is 6.40. The van der Waals surface area contributed by atoms with Crippen LogP contribution >= 0.6 is 0 Å². The molecule has 1 rings (SSSR count). The molecule has 0 atom stereocenters. The molecule has 0 saturated heterocycles. The number of allylic oxidation sites excluding steroid dienone is 4. The van der Waals surface area contributed by atoms with Gasteiger partial charge in [-0.05, 0) is 44.6 Å². The first kappa shape index (κ1) is 17.4. The fourth-order valence-corrected chi connectivity index (χ4v) is 0.903. The van der Waals surface area contributed by atoms with Gasteiger partial charge < -0.3 is 0 Å². The van der Waals surface area contributed by atoms with Crippen molar-refractivity contribution in [3.8, 4) is 0 Å². The van der Waals surface area contributed by atoms with Crippen LogP contribution in [-0.4, -0.2) is 0 Å². The summed E-state index contributed by atoms with van der Waals surface area (Å²) in [6.07, 6.45) is 10.2. The molecule has 1 aliphatic rings. The van der Waals surface area contributed by atoms with Gasteiger partial charge in [-0.1, -0.05) is 51.7 Å². The fraction of sp³-hybridized carbons (Fsp3) is 0.562. The molecule has 0 aromatic heterocycles. The molecule has 1 aliphatic carbocycles. The van der Waals surface area contributed by atoms with Crippen LogP contribution in [0.15, 0.2) is 42.2 Å². The molecule has 1 saturated carbocycles. The van der Waals surface area contributed by atoms with Crippen molar-refractivity contribution in [1.82, 2.24) is 0 Å². The van der Waals surface area contributed by atoms with Crippen molar-refractivity contribution < 1.29 is 0 Å². The standard InChI is InChI=1S/C10H16.C4H6.C2H6/c1-4-7-8-9-10(5-2)6-3;1-4-2-3-4;1-2/h4,7H,2,6,8-9H2,1,3H3;1-3H2;1-2H3/b7-4-;;. The van der Waals surface area contributed by atoms with Crippen LogP contribution in [0.4, 0.5) is 0 Å². The van der Waals surface area contributed by atoms with E-state index in [0.717, 1.165) is 19.3 Å². The zero-order valence-electron chi connectivity index (χ0n) is 11.6. The Labute approximate surface area is 102 Å². The zero-order valence-corrected chi connectivity index (χ0v) is 11.6. The Morgan fingerprint density at radius 2 is 1.88 bits per heavy atom. The van der Waals surface area contributed by atoms with E-state index in [1.165, 1.54) is 24.0 Å². The Balaban J connectivity index is 0. The van der Waals surface area contributed by atoms with Gasteiger partial charge in [0, 0.05) is 0 Å². The summed E-state index contributed by atoms with van der Waals surface area (Å²) in [6.45, 7) is 15.5. The van der Waals surface area contributed by atoms with E-state index in [0.29, 0.717) is 0 Å². The molecule has 0 aromatic rings. The highest BCUT2D eigenvalue weighted by atomic mass is 14.1. The van der Waals surface area contributed by atoms with Gasteiger partial charge >= 0.3 is 0 Å². The van der Waals surface area contributed by atoms with E-state index < -0.39 is 0 Å². The van der Waals surface area contributed by atoms with Crippen molar-refractivity contribution in [2.75, 3.05) is 0 Å². The predicted molar refractivity (Wildman–Crippen MR) is 76.7 cm³/mol. The Kier molecular flexibility index (Phi) is 15.2. The molecule has 16 heavy (non-hydrogen) atoms. The van der Waals surface area contributed by atoms with E-state index in [2.05, 4.69) is 38.0 Å². The molecule has 0 amide bonds. The van der Waals surface area contributed by atoms with Gasteiger partial charge in [0.2, 0.25) is 0 Å². The van der Waals surface area contributed by atoms with Crippen molar-refractivity contribution in [2.45, 2.75) is 59.8 Å². The largest absolute Gasteiger partial charge is 0.130 e. The summed E-state index contributed by atoms with van der Waals surface area (Å²) in [5, 5.41) is 0. The van der Waals surface area contributed by atoms with Gasteiger partial charge in [-0.3, -0.25) is 0 Å². The number of rotatable bonds is 4. The predicted octanol–water partition coefficient (Wildman–Crippen LogP) is 5.83. The number of hydrogen-bond donors (Lipinski definition) is 0. The highest BCUT2D eigenvalue weighted by molar-refractivity contribution is 5.09. The maximum absolute atomic E-state index is 3.67. The van der Waals surface area contributed by atoms with Gasteiger partial charge in [-0.2, -0.15) is 0 Å². The Morgan fingerprint density at radius 3 is 2.12 bits per heavy atom. The monoisotopic (exact) mass is 220 g/mol. The quantitative estimate of drug-likeness (QED) is 0.413. The van der Waals surface area contributed by atoms with Crippen LogP contribution in [0.2, 0.25) is 0 Å². The summed E-state index contributed by atoms with van der Waals surface area (Å²) in [5.74, 6) is 0. The van der Waals surface area contributed by atoms with E-state index >= 15 is 0 Å². The summed E-state index contributed by atoms with van der Waals surface area (Å²) in [5.41, 5.74) is 5.69. The molecule has 1 fully saturated rings. The van der Waals surface area contributed by atoms with Crippen LogP contribution in [-0.2, 0) is 0 Å². The summed E-state index contributed by atoms with van der Waals surface area (Å²) in [6, 6.07) is 0. The second-order valence-corrected chi connectivity index (χ2v) is 3.49. The Morgan fingerprint density at radius 1 is 1.38 bits per heavy atom. The molecule has 0 N–H and O–H groups in total. The van der Waals surface area contributed by atoms with Crippen LogP contribution in [0.5, 0.6) is 0 Å². The minimum Gasteiger partial charge on any atom is -0.130 e. The van der Waals surface area contributed by atoms with Crippen LogP contribution in [0.3, 0.4) is 0 Å². The summed E-state index contributed by atoms with van der Waals surface area (Å²) in [4.78, 5) is 0. The second kappa shape index (κ2) is 14.0. The first-order valence-corrected chi connectivity index (χ1v) is 6.40. The molecule has 0 nitrogen and oxygen atoms in total. The van der Waals surface area contributed by atoms with E-state index in [9.17, 15) is 0 Å². The molecular formula is C16H28. The van der Waals surface area contributed by atoms with Crippen molar-refractivity contribution in [2.24, 2.45) is 0 Å². The molecule has 0 radical (unpaired) electrons. The normalized spacial score (nSPS) is 11.9. The third-order valence-corrected chi connectivity index (χ3v) is 2.13. The van der Waals surface area contributed by atoms with E-state index in [-0.39, 0.29) is 0 Å². The fourth-order valence-electron chi connectivity index (χ4n) is 0.903. The highest BCUT2D eigenvalue weighted by Gasteiger charge is 2.04. The van der Waals surface area contributed by atoms with E-state index in [4.69, 9.17) is 0 Å². The highest BCUT2D eigenvalue weighted by Crippen LogP contribution is 2.23. The van der Waals surface area contributed by atoms with E-state index in [1.54, 1.807) is 0 Å². The summed E-state index contributed by atoms with van der Waals surface area (Å²) >= 11 is 0. The molecule has 0 bridgehead atoms. The van der Waals surface area contributed by atoms with Gasteiger partial charge in [0.05, 0.1) is 0 Å². The molecule has 0 heteroatoms. The van der Waals surface area contributed by atoms with Gasteiger partial charge in [-0.15, -0.1) is 5.73 Å². The lowest BCUT2D eigenvalue weighted by Crippen LogP contribution is -1.76. The zero-order chi connectivity index (χ0) is 12.8. The van der Waals surface area contributed by atoms with Crippen molar-refractivity contribution in [3.63, 3.8) is 0 Å². The Bertz CT molecular complexity index is 231. The lowest BCUT2D eigenvalue weighted by molar-refractivity contribution is 0.911. The number of hydrogen-bond acceptors (Lipinski definition) is 0. The minimum atomic E-state index is 1.08. The minimum absolute atomic E-state index is 1.08.